The number of halogens is 1. The topological polar surface area (TPSA) is 74.6 Å². The average molecular weight is 333 g/mol. The van der Waals surface area contributed by atoms with E-state index in [9.17, 15) is 19.8 Å². The third-order valence-electron chi connectivity index (χ3n) is 2.24. The number of carbonyl (C=O) groups is 2. The molecule has 0 bridgehead atoms. The summed E-state index contributed by atoms with van der Waals surface area (Å²) in [7, 11) is 0. The average Bonchev–Trinajstić information content (AvgIpc) is 2.34. The van der Waals surface area contributed by atoms with Crippen molar-refractivity contribution in [1.82, 2.24) is 0 Å². The van der Waals surface area contributed by atoms with Gasteiger partial charge in [0.1, 0.15) is 12.4 Å². The SMILES string of the molecule is CC(=O)SCC(O)C(O)c1cc(Br)cc(C=O)c1. The molecule has 0 aliphatic heterocycles. The van der Waals surface area contributed by atoms with Gasteiger partial charge in [-0.25, -0.2) is 0 Å². The molecule has 0 aromatic heterocycles. The van der Waals surface area contributed by atoms with E-state index in [0.29, 0.717) is 21.9 Å². The van der Waals surface area contributed by atoms with E-state index in [1.54, 1.807) is 12.1 Å². The number of carbonyl (C=O) groups excluding carboxylic acids is 2. The standard InChI is InChI=1S/C12H13BrO4S/c1-7(15)18-6-11(16)12(17)9-2-8(5-14)3-10(13)4-9/h2-5,11-12,16-17H,6H2,1H3. The fourth-order valence-corrected chi connectivity index (χ4v) is 2.51. The van der Waals surface area contributed by atoms with E-state index in [-0.39, 0.29) is 10.9 Å². The van der Waals surface area contributed by atoms with Gasteiger partial charge >= 0.3 is 0 Å². The summed E-state index contributed by atoms with van der Waals surface area (Å²) in [6, 6.07) is 4.74. The van der Waals surface area contributed by atoms with Crippen LogP contribution in [0.1, 0.15) is 28.9 Å². The minimum Gasteiger partial charge on any atom is -0.389 e. The van der Waals surface area contributed by atoms with Crippen LogP contribution in [-0.2, 0) is 4.79 Å². The van der Waals surface area contributed by atoms with Crippen LogP contribution in [0.2, 0.25) is 0 Å². The molecule has 18 heavy (non-hydrogen) atoms. The van der Waals surface area contributed by atoms with Gasteiger partial charge in [0, 0.05) is 22.7 Å². The smallest absolute Gasteiger partial charge is 0.185 e. The van der Waals surface area contributed by atoms with Crippen molar-refractivity contribution in [3.8, 4) is 0 Å². The molecule has 0 saturated heterocycles. The van der Waals surface area contributed by atoms with E-state index in [0.717, 1.165) is 11.8 Å². The van der Waals surface area contributed by atoms with Crippen molar-refractivity contribution in [2.75, 3.05) is 5.75 Å². The normalized spacial score (nSPS) is 14.0. The number of aliphatic hydroxyl groups excluding tert-OH is 2. The number of thioether (sulfide) groups is 1. The Kier molecular flexibility index (Phi) is 6.01. The van der Waals surface area contributed by atoms with E-state index in [1.165, 1.54) is 13.0 Å². The van der Waals surface area contributed by atoms with Crippen molar-refractivity contribution in [3.63, 3.8) is 0 Å². The van der Waals surface area contributed by atoms with Gasteiger partial charge in [0.05, 0.1) is 6.10 Å². The number of aldehydes is 1. The number of rotatable bonds is 5. The van der Waals surface area contributed by atoms with Crippen LogP contribution in [0.25, 0.3) is 0 Å². The van der Waals surface area contributed by atoms with E-state index >= 15 is 0 Å². The first kappa shape index (κ1) is 15.4. The van der Waals surface area contributed by atoms with Gasteiger partial charge in [0.15, 0.2) is 5.12 Å². The lowest BCUT2D eigenvalue weighted by Gasteiger charge is -2.18. The van der Waals surface area contributed by atoms with Gasteiger partial charge in [-0.3, -0.25) is 9.59 Å². The van der Waals surface area contributed by atoms with Crippen molar-refractivity contribution >= 4 is 39.1 Å². The first-order valence-corrected chi connectivity index (χ1v) is 6.97. The minimum absolute atomic E-state index is 0.111. The molecule has 0 spiro atoms. The maximum atomic E-state index is 10.8. The summed E-state index contributed by atoms with van der Waals surface area (Å²) in [5.74, 6) is 0.111. The molecular weight excluding hydrogens is 320 g/mol. The highest BCUT2D eigenvalue weighted by Crippen LogP contribution is 2.24. The maximum absolute atomic E-state index is 10.8. The maximum Gasteiger partial charge on any atom is 0.185 e. The Bertz CT molecular complexity index is 450. The summed E-state index contributed by atoms with van der Waals surface area (Å²) in [5.41, 5.74) is 0.841. The van der Waals surface area contributed by atoms with E-state index in [4.69, 9.17) is 0 Å². The number of aliphatic hydroxyl groups is 2. The van der Waals surface area contributed by atoms with E-state index in [2.05, 4.69) is 15.9 Å². The largest absolute Gasteiger partial charge is 0.389 e. The molecule has 98 valence electrons. The van der Waals surface area contributed by atoms with Gasteiger partial charge in [-0.2, -0.15) is 0 Å². The highest BCUT2D eigenvalue weighted by atomic mass is 79.9. The molecule has 4 nitrogen and oxygen atoms in total. The van der Waals surface area contributed by atoms with Crippen molar-refractivity contribution < 1.29 is 19.8 Å². The zero-order valence-corrected chi connectivity index (χ0v) is 12.1. The van der Waals surface area contributed by atoms with Crippen LogP contribution in [0.5, 0.6) is 0 Å². The summed E-state index contributed by atoms with van der Waals surface area (Å²) in [4.78, 5) is 21.5. The Hall–Kier alpha value is -0.690. The lowest BCUT2D eigenvalue weighted by Crippen LogP contribution is -2.21. The second-order valence-electron chi connectivity index (χ2n) is 3.75. The minimum atomic E-state index is -1.13. The Balaban J connectivity index is 2.82. The summed E-state index contributed by atoms with van der Waals surface area (Å²) in [6.45, 7) is 1.40. The van der Waals surface area contributed by atoms with Crippen molar-refractivity contribution in [3.05, 3.63) is 33.8 Å². The summed E-state index contributed by atoms with van der Waals surface area (Å²) >= 11 is 4.17. The molecule has 0 fully saturated rings. The monoisotopic (exact) mass is 332 g/mol. The van der Waals surface area contributed by atoms with Gasteiger partial charge in [0.25, 0.3) is 0 Å². The molecule has 2 atom stereocenters. The zero-order chi connectivity index (χ0) is 13.7. The van der Waals surface area contributed by atoms with Gasteiger partial charge < -0.3 is 10.2 Å². The van der Waals surface area contributed by atoms with Crippen molar-refractivity contribution in [1.29, 1.82) is 0 Å². The molecule has 1 aromatic rings. The quantitative estimate of drug-likeness (QED) is 0.806. The molecule has 6 heteroatoms. The molecular formula is C12H13BrO4S. The second-order valence-corrected chi connectivity index (χ2v) is 5.86. The number of hydrogen-bond acceptors (Lipinski definition) is 5. The molecule has 1 aromatic carbocycles. The van der Waals surface area contributed by atoms with E-state index in [1.807, 2.05) is 0 Å². The molecule has 0 aliphatic rings. The lowest BCUT2D eigenvalue weighted by molar-refractivity contribution is -0.109. The van der Waals surface area contributed by atoms with Crippen LogP contribution in [0.15, 0.2) is 22.7 Å². The van der Waals surface area contributed by atoms with Gasteiger partial charge in [-0.05, 0) is 23.8 Å². The first-order valence-electron chi connectivity index (χ1n) is 5.19. The predicted octanol–water partition coefficient (Wildman–Crippen LogP) is 1.94. The fourth-order valence-electron chi connectivity index (χ4n) is 1.39. The highest BCUT2D eigenvalue weighted by Gasteiger charge is 2.20. The number of hydrogen-bond donors (Lipinski definition) is 2. The van der Waals surface area contributed by atoms with Crippen molar-refractivity contribution in [2.24, 2.45) is 0 Å². The third kappa shape index (κ3) is 4.53. The van der Waals surface area contributed by atoms with Crippen LogP contribution in [0, 0.1) is 0 Å². The molecule has 0 radical (unpaired) electrons. The third-order valence-corrected chi connectivity index (χ3v) is 3.61. The summed E-state index contributed by atoms with van der Waals surface area (Å²) in [6.07, 6.45) is -1.53. The Labute approximate surface area is 118 Å². The van der Waals surface area contributed by atoms with Crippen LogP contribution >= 0.6 is 27.7 Å². The van der Waals surface area contributed by atoms with Crippen LogP contribution in [0.3, 0.4) is 0 Å². The van der Waals surface area contributed by atoms with Gasteiger partial charge in [-0.1, -0.05) is 27.7 Å². The molecule has 0 amide bonds. The zero-order valence-electron chi connectivity index (χ0n) is 9.67. The Morgan fingerprint density at radius 2 is 2.11 bits per heavy atom. The van der Waals surface area contributed by atoms with Crippen molar-refractivity contribution in [2.45, 2.75) is 19.1 Å². The second kappa shape index (κ2) is 7.04. The molecule has 0 heterocycles. The summed E-state index contributed by atoms with van der Waals surface area (Å²) < 4.78 is 0.646. The van der Waals surface area contributed by atoms with Crippen LogP contribution in [-0.4, -0.2) is 33.5 Å². The summed E-state index contributed by atoms with van der Waals surface area (Å²) in [5, 5.41) is 19.6. The predicted molar refractivity (Wildman–Crippen MR) is 73.6 cm³/mol. The molecule has 2 unspecified atom stereocenters. The molecule has 1 rings (SSSR count). The Morgan fingerprint density at radius 3 is 2.67 bits per heavy atom. The lowest BCUT2D eigenvalue weighted by atomic mass is 10.0. The Morgan fingerprint density at radius 1 is 1.44 bits per heavy atom. The number of benzene rings is 1. The van der Waals surface area contributed by atoms with E-state index < -0.39 is 12.2 Å². The van der Waals surface area contributed by atoms with Gasteiger partial charge in [-0.15, -0.1) is 0 Å². The van der Waals surface area contributed by atoms with Gasteiger partial charge in [0.2, 0.25) is 0 Å². The molecule has 0 aliphatic carbocycles. The van der Waals surface area contributed by atoms with Crippen LogP contribution in [0.4, 0.5) is 0 Å². The molecule has 2 N–H and O–H groups in total. The first-order chi connectivity index (χ1) is 8.43. The highest BCUT2D eigenvalue weighted by molar-refractivity contribution is 9.10. The fraction of sp³-hybridized carbons (Fsp3) is 0.333. The van der Waals surface area contributed by atoms with Crippen LogP contribution < -0.4 is 0 Å². The molecule has 0 saturated carbocycles.